The van der Waals surface area contributed by atoms with Crippen molar-refractivity contribution in [2.24, 2.45) is 11.8 Å². The van der Waals surface area contributed by atoms with Gasteiger partial charge in [0, 0.05) is 23.1 Å². The van der Waals surface area contributed by atoms with Gasteiger partial charge in [-0.15, -0.1) is 0 Å². The van der Waals surface area contributed by atoms with E-state index in [0.717, 1.165) is 54.7 Å². The molecule has 1 aliphatic rings. The minimum Gasteiger partial charge on any atom is -0.426 e. The van der Waals surface area contributed by atoms with Gasteiger partial charge >= 0.3 is 5.97 Å². The van der Waals surface area contributed by atoms with Crippen LogP contribution in [0.5, 0.6) is 5.75 Å². The van der Waals surface area contributed by atoms with E-state index in [2.05, 4.69) is 30.6 Å². The van der Waals surface area contributed by atoms with Crippen molar-refractivity contribution >= 4 is 5.97 Å². The lowest BCUT2D eigenvalue weighted by atomic mass is 9.80. The van der Waals surface area contributed by atoms with Gasteiger partial charge < -0.3 is 4.74 Å². The largest absolute Gasteiger partial charge is 0.426 e. The van der Waals surface area contributed by atoms with E-state index in [1.165, 1.54) is 12.8 Å². The summed E-state index contributed by atoms with van der Waals surface area (Å²) in [4.78, 5) is 12.5. The highest BCUT2D eigenvalue weighted by molar-refractivity contribution is 5.75. The predicted molar refractivity (Wildman–Crippen MR) is 122 cm³/mol. The van der Waals surface area contributed by atoms with E-state index in [4.69, 9.17) is 4.74 Å². The van der Waals surface area contributed by atoms with Crippen LogP contribution >= 0.6 is 0 Å². The lowest BCUT2D eigenvalue weighted by molar-refractivity contribution is -0.140. The Morgan fingerprint density at radius 1 is 0.833 bits per heavy atom. The minimum atomic E-state index is -0.0879. The van der Waals surface area contributed by atoms with Crippen molar-refractivity contribution in [1.82, 2.24) is 0 Å². The molecule has 1 fully saturated rings. The standard InChI is InChI=1S/C28H30O2/c1-3-5-7-23-8-10-24(11-9-23)12-13-25-16-20-27(21-17-25)30-28(29)26-18-14-22(6-4-2)15-19-26/h8-11,16-17,20-22,26H,3-4,6,14-15,18-19H2,1-2H3. The highest BCUT2D eigenvalue weighted by atomic mass is 16.5. The summed E-state index contributed by atoms with van der Waals surface area (Å²) in [6, 6.07) is 15.4. The van der Waals surface area contributed by atoms with Crippen molar-refractivity contribution < 1.29 is 9.53 Å². The van der Waals surface area contributed by atoms with Crippen LogP contribution in [0.1, 0.15) is 75.5 Å². The van der Waals surface area contributed by atoms with Crippen molar-refractivity contribution in [3.8, 4) is 29.4 Å². The lowest BCUT2D eigenvalue weighted by Crippen LogP contribution is -2.25. The second-order valence-corrected chi connectivity index (χ2v) is 7.93. The third-order valence-corrected chi connectivity index (χ3v) is 5.60. The first-order valence-corrected chi connectivity index (χ1v) is 11.1. The summed E-state index contributed by atoms with van der Waals surface area (Å²) < 4.78 is 5.61. The molecule has 3 rings (SSSR count). The third kappa shape index (κ3) is 6.53. The monoisotopic (exact) mass is 398 g/mol. The van der Waals surface area contributed by atoms with Gasteiger partial charge in [0.25, 0.3) is 0 Å². The second-order valence-electron chi connectivity index (χ2n) is 7.93. The first-order chi connectivity index (χ1) is 14.7. The van der Waals surface area contributed by atoms with Crippen LogP contribution in [-0.4, -0.2) is 5.97 Å². The molecular weight excluding hydrogens is 368 g/mol. The van der Waals surface area contributed by atoms with Gasteiger partial charge in [-0.05, 0) is 80.1 Å². The van der Waals surface area contributed by atoms with Gasteiger partial charge in [-0.25, -0.2) is 0 Å². The van der Waals surface area contributed by atoms with Gasteiger partial charge in [0.2, 0.25) is 0 Å². The van der Waals surface area contributed by atoms with E-state index in [-0.39, 0.29) is 11.9 Å². The van der Waals surface area contributed by atoms with E-state index in [1.54, 1.807) is 0 Å². The fourth-order valence-corrected chi connectivity index (χ4v) is 3.87. The van der Waals surface area contributed by atoms with Crippen LogP contribution in [0, 0.1) is 35.5 Å². The minimum absolute atomic E-state index is 0.0440. The number of rotatable bonds is 4. The maximum atomic E-state index is 12.5. The quantitative estimate of drug-likeness (QED) is 0.340. The zero-order valence-electron chi connectivity index (χ0n) is 18.0. The van der Waals surface area contributed by atoms with Crippen molar-refractivity contribution in [2.45, 2.75) is 58.8 Å². The summed E-state index contributed by atoms with van der Waals surface area (Å²) in [5, 5.41) is 0. The van der Waals surface area contributed by atoms with Crippen LogP contribution in [-0.2, 0) is 4.79 Å². The average Bonchev–Trinajstić information content (AvgIpc) is 2.78. The summed E-state index contributed by atoms with van der Waals surface area (Å²) >= 11 is 0. The van der Waals surface area contributed by atoms with Crippen LogP contribution < -0.4 is 4.74 Å². The Morgan fingerprint density at radius 2 is 1.37 bits per heavy atom. The molecule has 0 aromatic heterocycles. The van der Waals surface area contributed by atoms with Crippen LogP contribution in [0.25, 0.3) is 0 Å². The fraction of sp³-hybridized carbons (Fsp3) is 0.393. The zero-order chi connectivity index (χ0) is 21.2. The number of benzene rings is 2. The summed E-state index contributed by atoms with van der Waals surface area (Å²) in [5.74, 6) is 13.8. The van der Waals surface area contributed by atoms with Gasteiger partial charge in [-0.1, -0.05) is 50.4 Å². The number of carbonyl (C=O) groups excluding carboxylic acids is 1. The average molecular weight is 399 g/mol. The summed E-state index contributed by atoms with van der Waals surface area (Å²) in [5.41, 5.74) is 2.85. The zero-order valence-corrected chi connectivity index (χ0v) is 18.0. The normalized spacial score (nSPS) is 17.8. The number of carbonyl (C=O) groups is 1. The fourth-order valence-electron chi connectivity index (χ4n) is 3.87. The van der Waals surface area contributed by atoms with Gasteiger partial charge in [-0.3, -0.25) is 4.79 Å². The SMILES string of the molecule is CCC#Cc1ccc(C#Cc2ccc(OC(=O)C3CCC(CCC)CC3)cc2)cc1. The van der Waals surface area contributed by atoms with Crippen LogP contribution in [0.3, 0.4) is 0 Å². The van der Waals surface area contributed by atoms with Gasteiger partial charge in [0.05, 0.1) is 5.92 Å². The van der Waals surface area contributed by atoms with E-state index in [9.17, 15) is 4.79 Å². The highest BCUT2D eigenvalue weighted by Gasteiger charge is 2.27. The molecule has 0 heterocycles. The van der Waals surface area contributed by atoms with E-state index in [0.29, 0.717) is 5.75 Å². The molecule has 30 heavy (non-hydrogen) atoms. The maximum Gasteiger partial charge on any atom is 0.314 e. The summed E-state index contributed by atoms with van der Waals surface area (Å²) in [6.07, 6.45) is 7.57. The van der Waals surface area contributed by atoms with Crippen LogP contribution in [0.2, 0.25) is 0 Å². The topological polar surface area (TPSA) is 26.3 Å². The third-order valence-electron chi connectivity index (χ3n) is 5.60. The Balaban J connectivity index is 1.53. The Kier molecular flexibility index (Phi) is 8.17. The molecule has 2 aromatic rings. The molecule has 0 N–H and O–H groups in total. The number of hydrogen-bond donors (Lipinski definition) is 0. The number of hydrogen-bond acceptors (Lipinski definition) is 2. The first-order valence-electron chi connectivity index (χ1n) is 11.1. The van der Waals surface area contributed by atoms with E-state index < -0.39 is 0 Å². The molecule has 0 spiro atoms. The lowest BCUT2D eigenvalue weighted by Gasteiger charge is -2.26. The van der Waals surface area contributed by atoms with Crippen LogP contribution in [0.15, 0.2) is 48.5 Å². The van der Waals surface area contributed by atoms with Crippen molar-refractivity contribution in [3.63, 3.8) is 0 Å². The molecule has 1 aliphatic carbocycles. The number of esters is 1. The van der Waals surface area contributed by atoms with E-state index >= 15 is 0 Å². The summed E-state index contributed by atoms with van der Waals surface area (Å²) in [7, 11) is 0. The molecule has 1 saturated carbocycles. The van der Waals surface area contributed by atoms with Gasteiger partial charge in [-0.2, -0.15) is 0 Å². The van der Waals surface area contributed by atoms with Crippen molar-refractivity contribution in [1.29, 1.82) is 0 Å². The molecule has 0 saturated heterocycles. The Bertz CT molecular complexity index is 938. The number of ether oxygens (including phenoxy) is 1. The molecule has 2 nitrogen and oxygen atoms in total. The molecule has 0 aliphatic heterocycles. The molecule has 2 aromatic carbocycles. The second kappa shape index (κ2) is 11.3. The molecular formula is C28H30O2. The first kappa shape index (κ1) is 21.7. The Hall–Kier alpha value is -2.97. The smallest absolute Gasteiger partial charge is 0.314 e. The van der Waals surface area contributed by atoms with Gasteiger partial charge in [0.15, 0.2) is 0 Å². The van der Waals surface area contributed by atoms with Crippen LogP contribution in [0.4, 0.5) is 0 Å². The maximum absolute atomic E-state index is 12.5. The molecule has 0 atom stereocenters. The molecule has 0 bridgehead atoms. The van der Waals surface area contributed by atoms with Gasteiger partial charge in [0.1, 0.15) is 5.75 Å². The van der Waals surface area contributed by atoms with Crippen molar-refractivity contribution in [2.75, 3.05) is 0 Å². The predicted octanol–water partition coefficient (Wildman–Crippen LogP) is 6.36. The molecule has 0 radical (unpaired) electrons. The molecule has 2 heteroatoms. The molecule has 154 valence electrons. The Labute approximate surface area is 181 Å². The van der Waals surface area contributed by atoms with Crippen molar-refractivity contribution in [3.05, 3.63) is 65.2 Å². The molecule has 0 unspecified atom stereocenters. The molecule has 0 amide bonds. The Morgan fingerprint density at radius 3 is 1.90 bits per heavy atom. The summed E-state index contributed by atoms with van der Waals surface area (Å²) in [6.45, 7) is 4.27. The van der Waals surface area contributed by atoms with E-state index in [1.807, 2.05) is 55.5 Å². The highest BCUT2D eigenvalue weighted by Crippen LogP contribution is 2.32.